The van der Waals surface area contributed by atoms with Gasteiger partial charge in [0.2, 0.25) is 0 Å². The molecule has 2 N–H and O–H groups in total. The largest absolute Gasteiger partial charge is 0.508 e. The van der Waals surface area contributed by atoms with Crippen molar-refractivity contribution in [3.8, 4) is 5.75 Å². The Kier molecular flexibility index (Phi) is 2.94. The van der Waals surface area contributed by atoms with Crippen LogP contribution in [-0.4, -0.2) is 16.3 Å². The summed E-state index contributed by atoms with van der Waals surface area (Å²) in [5, 5.41) is 19.8. The molecule has 0 heterocycles. The fourth-order valence-corrected chi connectivity index (χ4v) is 3.70. The zero-order valence-corrected chi connectivity index (χ0v) is 11.7. The van der Waals surface area contributed by atoms with Crippen LogP contribution in [0.5, 0.6) is 5.75 Å². The van der Waals surface area contributed by atoms with E-state index in [4.69, 9.17) is 0 Å². The van der Waals surface area contributed by atoms with Gasteiger partial charge in [-0.2, -0.15) is 0 Å². The molecule has 1 aromatic carbocycles. The normalized spacial score (nSPS) is 33.9. The van der Waals surface area contributed by atoms with E-state index in [9.17, 15) is 10.2 Å². The van der Waals surface area contributed by atoms with Gasteiger partial charge in [-0.25, -0.2) is 0 Å². The molecule has 3 rings (SSSR count). The van der Waals surface area contributed by atoms with Crippen molar-refractivity contribution in [2.45, 2.75) is 45.6 Å². The number of aryl methyl sites for hydroxylation is 1. The molecule has 2 aliphatic rings. The molecule has 2 heteroatoms. The molecule has 1 aromatic rings. The van der Waals surface area contributed by atoms with Crippen LogP contribution in [0.25, 0.3) is 5.57 Å². The van der Waals surface area contributed by atoms with Crippen molar-refractivity contribution in [2.75, 3.05) is 0 Å². The van der Waals surface area contributed by atoms with Crippen molar-refractivity contribution in [1.29, 1.82) is 0 Å². The van der Waals surface area contributed by atoms with Crippen LogP contribution in [0.4, 0.5) is 0 Å². The molecular weight excluding hydrogens is 236 g/mol. The Hall–Kier alpha value is -1.28. The summed E-state index contributed by atoms with van der Waals surface area (Å²) >= 11 is 0. The summed E-state index contributed by atoms with van der Waals surface area (Å²) in [6, 6.07) is 5.85. The van der Waals surface area contributed by atoms with E-state index in [1.807, 2.05) is 13.0 Å². The van der Waals surface area contributed by atoms with Gasteiger partial charge in [0.1, 0.15) is 5.75 Å². The predicted molar refractivity (Wildman–Crippen MR) is 76.9 cm³/mol. The molecule has 0 radical (unpaired) electrons. The second kappa shape index (κ2) is 4.38. The summed E-state index contributed by atoms with van der Waals surface area (Å²) < 4.78 is 0. The molecule has 0 amide bonds. The lowest BCUT2D eigenvalue weighted by Gasteiger charge is -2.37. The summed E-state index contributed by atoms with van der Waals surface area (Å²) in [6.07, 6.45) is 6.33. The minimum absolute atomic E-state index is 0.0788. The standard InChI is InChI=1S/C17H22O2/c1-11-9-12(3-5-15(11)18)13-7-8-17(2)14(10-13)4-6-16(17)19/h3,5,9-10,14,16,18-19H,4,6-8H2,1-2H3/t14?,16-,17-/m0/s1. The molecule has 0 aromatic heterocycles. The Morgan fingerprint density at radius 3 is 2.79 bits per heavy atom. The minimum atomic E-state index is -0.142. The number of benzene rings is 1. The Morgan fingerprint density at radius 2 is 2.05 bits per heavy atom. The Balaban J connectivity index is 1.93. The van der Waals surface area contributed by atoms with Gasteiger partial charge in [-0.15, -0.1) is 0 Å². The van der Waals surface area contributed by atoms with Gasteiger partial charge in [-0.1, -0.05) is 19.1 Å². The summed E-state index contributed by atoms with van der Waals surface area (Å²) in [6.45, 7) is 4.16. The van der Waals surface area contributed by atoms with Crippen molar-refractivity contribution in [3.63, 3.8) is 0 Å². The average Bonchev–Trinajstić information content (AvgIpc) is 2.69. The first-order valence-electron chi connectivity index (χ1n) is 7.19. The van der Waals surface area contributed by atoms with Crippen LogP contribution in [0, 0.1) is 18.3 Å². The number of phenols is 1. The Morgan fingerprint density at radius 1 is 1.26 bits per heavy atom. The third kappa shape index (κ3) is 1.99. The number of aromatic hydroxyl groups is 1. The Bertz CT molecular complexity index is 532. The van der Waals surface area contributed by atoms with Gasteiger partial charge in [0.05, 0.1) is 6.10 Å². The van der Waals surface area contributed by atoms with Crippen LogP contribution in [0.3, 0.4) is 0 Å². The van der Waals surface area contributed by atoms with Gasteiger partial charge < -0.3 is 10.2 Å². The number of hydrogen-bond acceptors (Lipinski definition) is 2. The number of hydrogen-bond donors (Lipinski definition) is 2. The van der Waals surface area contributed by atoms with Crippen molar-refractivity contribution >= 4 is 5.57 Å². The van der Waals surface area contributed by atoms with Crippen molar-refractivity contribution in [2.24, 2.45) is 11.3 Å². The highest BCUT2D eigenvalue weighted by molar-refractivity contribution is 5.68. The summed E-state index contributed by atoms with van der Waals surface area (Å²) in [5.74, 6) is 0.863. The molecule has 0 saturated heterocycles. The lowest BCUT2D eigenvalue weighted by molar-refractivity contribution is 0.0419. The zero-order chi connectivity index (χ0) is 13.6. The molecule has 2 aliphatic carbocycles. The Labute approximate surface area is 114 Å². The third-order valence-electron chi connectivity index (χ3n) is 5.26. The number of fused-ring (bicyclic) bond motifs is 1. The van der Waals surface area contributed by atoms with E-state index in [1.165, 1.54) is 11.1 Å². The van der Waals surface area contributed by atoms with E-state index >= 15 is 0 Å². The lowest BCUT2D eigenvalue weighted by atomic mass is 9.69. The molecule has 1 fully saturated rings. The number of aliphatic hydroxyl groups is 1. The van der Waals surface area contributed by atoms with Crippen LogP contribution >= 0.6 is 0 Å². The maximum absolute atomic E-state index is 10.2. The van der Waals surface area contributed by atoms with E-state index in [1.54, 1.807) is 6.07 Å². The molecule has 1 unspecified atom stereocenters. The van der Waals surface area contributed by atoms with Crippen LogP contribution < -0.4 is 0 Å². The smallest absolute Gasteiger partial charge is 0.118 e. The molecule has 102 valence electrons. The van der Waals surface area contributed by atoms with E-state index in [2.05, 4.69) is 19.1 Å². The number of phenolic OH excluding ortho intramolecular Hbond substituents is 1. The van der Waals surface area contributed by atoms with Gasteiger partial charge in [-0.3, -0.25) is 0 Å². The average molecular weight is 258 g/mol. The predicted octanol–water partition coefficient (Wildman–Crippen LogP) is 3.66. The minimum Gasteiger partial charge on any atom is -0.508 e. The maximum Gasteiger partial charge on any atom is 0.118 e. The maximum atomic E-state index is 10.2. The van der Waals surface area contributed by atoms with Crippen molar-refractivity contribution in [1.82, 2.24) is 0 Å². The second-order valence-electron chi connectivity index (χ2n) is 6.40. The van der Waals surface area contributed by atoms with Crippen molar-refractivity contribution in [3.05, 3.63) is 35.4 Å². The van der Waals surface area contributed by atoms with Gasteiger partial charge in [0.25, 0.3) is 0 Å². The van der Waals surface area contributed by atoms with Gasteiger partial charge in [0.15, 0.2) is 0 Å². The SMILES string of the molecule is Cc1cc(C2=CC3CC[C@H](O)[C@@]3(C)CC2)ccc1O. The summed E-state index contributed by atoms with van der Waals surface area (Å²) in [7, 11) is 0. The number of rotatable bonds is 1. The van der Waals surface area contributed by atoms with Crippen LogP contribution in [0.15, 0.2) is 24.3 Å². The molecule has 19 heavy (non-hydrogen) atoms. The highest BCUT2D eigenvalue weighted by Gasteiger charge is 2.46. The molecule has 0 spiro atoms. The topological polar surface area (TPSA) is 40.5 Å². The van der Waals surface area contributed by atoms with Crippen LogP contribution in [-0.2, 0) is 0 Å². The van der Waals surface area contributed by atoms with Gasteiger partial charge in [0, 0.05) is 5.41 Å². The molecule has 0 bridgehead atoms. The van der Waals surface area contributed by atoms with Crippen LogP contribution in [0.2, 0.25) is 0 Å². The first kappa shape index (κ1) is 12.7. The zero-order valence-electron chi connectivity index (χ0n) is 11.7. The quantitative estimate of drug-likeness (QED) is 0.807. The van der Waals surface area contributed by atoms with Gasteiger partial charge >= 0.3 is 0 Å². The number of aliphatic hydroxyl groups excluding tert-OH is 1. The third-order valence-corrected chi connectivity index (χ3v) is 5.26. The molecule has 1 saturated carbocycles. The fraction of sp³-hybridized carbons (Fsp3) is 0.529. The van der Waals surface area contributed by atoms with Gasteiger partial charge in [-0.05, 0) is 67.4 Å². The molecule has 3 atom stereocenters. The highest BCUT2D eigenvalue weighted by atomic mass is 16.3. The number of allylic oxidation sites excluding steroid dienone is 2. The lowest BCUT2D eigenvalue weighted by Crippen LogP contribution is -2.33. The second-order valence-corrected chi connectivity index (χ2v) is 6.40. The summed E-state index contributed by atoms with van der Waals surface area (Å²) in [4.78, 5) is 0. The first-order chi connectivity index (χ1) is 9.00. The molecule has 2 nitrogen and oxygen atoms in total. The first-order valence-corrected chi connectivity index (χ1v) is 7.19. The van der Waals surface area contributed by atoms with E-state index in [0.717, 1.165) is 31.2 Å². The van der Waals surface area contributed by atoms with Crippen molar-refractivity contribution < 1.29 is 10.2 Å². The molecule has 0 aliphatic heterocycles. The monoisotopic (exact) mass is 258 g/mol. The summed E-state index contributed by atoms with van der Waals surface area (Å²) in [5.41, 5.74) is 3.60. The highest BCUT2D eigenvalue weighted by Crippen LogP contribution is 2.52. The van der Waals surface area contributed by atoms with E-state index in [0.29, 0.717) is 11.7 Å². The van der Waals surface area contributed by atoms with E-state index < -0.39 is 0 Å². The molecular formula is C17H22O2. The van der Waals surface area contributed by atoms with Crippen LogP contribution in [0.1, 0.15) is 43.7 Å². The van der Waals surface area contributed by atoms with E-state index in [-0.39, 0.29) is 11.5 Å². The fourth-order valence-electron chi connectivity index (χ4n) is 3.70.